The van der Waals surface area contributed by atoms with Crippen LogP contribution < -0.4 is 4.90 Å². The summed E-state index contributed by atoms with van der Waals surface area (Å²) in [6.07, 6.45) is 2.29. The normalized spacial score (nSPS) is 12.2. The van der Waals surface area contributed by atoms with Gasteiger partial charge in [0, 0.05) is 17.6 Å². The molecule has 1 aromatic heterocycles. The summed E-state index contributed by atoms with van der Waals surface area (Å²) < 4.78 is 0. The lowest BCUT2D eigenvalue weighted by Crippen LogP contribution is -2.24. The van der Waals surface area contributed by atoms with E-state index in [1.54, 1.807) is 0 Å². The zero-order valence-corrected chi connectivity index (χ0v) is 13.3. The molecule has 0 aliphatic rings. The number of rotatable bonds is 4. The molecule has 0 fully saturated rings. The Morgan fingerprint density at radius 2 is 2.00 bits per heavy atom. The minimum Gasteiger partial charge on any atom is -0.353 e. The Bertz CT molecular complexity index is 601. The highest BCUT2D eigenvalue weighted by atomic mass is 35.5. The van der Waals surface area contributed by atoms with Crippen LogP contribution in [0.3, 0.4) is 0 Å². The van der Waals surface area contributed by atoms with E-state index in [2.05, 4.69) is 27.9 Å². The van der Waals surface area contributed by atoms with Crippen LogP contribution in [-0.2, 0) is 6.42 Å². The molecule has 0 spiro atoms. The number of nitrogens with zero attached hydrogens (tertiary/aromatic N) is 3. The smallest absolute Gasteiger partial charge is 0.137 e. The van der Waals surface area contributed by atoms with Gasteiger partial charge in [0.25, 0.3) is 0 Å². The van der Waals surface area contributed by atoms with Gasteiger partial charge in [0.05, 0.1) is 6.04 Å². The molecule has 106 valence electrons. The molecule has 0 amide bonds. The fraction of sp³-hybridized carbons (Fsp3) is 0.333. The Kier molecular flexibility index (Phi) is 4.84. The Morgan fingerprint density at radius 1 is 1.25 bits per heavy atom. The van der Waals surface area contributed by atoms with E-state index in [1.807, 2.05) is 32.2 Å². The summed E-state index contributed by atoms with van der Waals surface area (Å²) in [5.41, 5.74) is 2.10. The van der Waals surface area contributed by atoms with Crippen molar-refractivity contribution in [2.24, 2.45) is 0 Å². The molecule has 1 unspecified atom stereocenters. The summed E-state index contributed by atoms with van der Waals surface area (Å²) in [4.78, 5) is 10.5. The summed E-state index contributed by atoms with van der Waals surface area (Å²) >= 11 is 12.2. The van der Waals surface area contributed by atoms with Gasteiger partial charge in [-0.3, -0.25) is 0 Å². The van der Waals surface area contributed by atoms with E-state index in [4.69, 9.17) is 23.2 Å². The van der Waals surface area contributed by atoms with E-state index in [0.717, 1.165) is 28.4 Å². The monoisotopic (exact) mass is 309 g/mol. The van der Waals surface area contributed by atoms with Crippen molar-refractivity contribution in [1.29, 1.82) is 0 Å². The quantitative estimate of drug-likeness (QED) is 0.776. The van der Waals surface area contributed by atoms with Gasteiger partial charge in [-0.05, 0) is 31.0 Å². The molecule has 0 radical (unpaired) electrons. The molecule has 1 heterocycles. The van der Waals surface area contributed by atoms with Gasteiger partial charge >= 0.3 is 0 Å². The molecule has 2 rings (SSSR count). The van der Waals surface area contributed by atoms with E-state index in [9.17, 15) is 0 Å². The van der Waals surface area contributed by atoms with Crippen LogP contribution in [0.2, 0.25) is 10.2 Å². The Balaban J connectivity index is 2.36. The van der Waals surface area contributed by atoms with Gasteiger partial charge in [-0.2, -0.15) is 0 Å². The Morgan fingerprint density at radius 3 is 2.65 bits per heavy atom. The van der Waals surface area contributed by atoms with Crippen LogP contribution in [0.5, 0.6) is 0 Å². The fourth-order valence-corrected chi connectivity index (χ4v) is 2.62. The maximum atomic E-state index is 6.15. The predicted molar refractivity (Wildman–Crippen MR) is 84.7 cm³/mol. The number of aromatic nitrogens is 2. The van der Waals surface area contributed by atoms with E-state index in [0.29, 0.717) is 5.15 Å². The first-order valence-corrected chi connectivity index (χ1v) is 7.27. The average Bonchev–Trinajstić information content (AvgIpc) is 2.45. The molecule has 0 bridgehead atoms. The molecular weight excluding hydrogens is 293 g/mol. The third-order valence-corrected chi connectivity index (χ3v) is 4.03. The van der Waals surface area contributed by atoms with Crippen LogP contribution in [0.15, 0.2) is 30.6 Å². The third kappa shape index (κ3) is 3.05. The SMILES string of the molecule is CCc1c(Cl)ncnc1N(C)C(C)c1cccc(Cl)c1. The molecule has 0 saturated carbocycles. The molecule has 20 heavy (non-hydrogen) atoms. The largest absolute Gasteiger partial charge is 0.353 e. The van der Waals surface area contributed by atoms with E-state index in [-0.39, 0.29) is 6.04 Å². The number of halogens is 2. The Hall–Kier alpha value is -1.32. The molecule has 0 N–H and O–H groups in total. The molecule has 0 aliphatic heterocycles. The van der Waals surface area contributed by atoms with Crippen LogP contribution in [0.1, 0.15) is 31.0 Å². The standard InChI is InChI=1S/C15H17Cl2N3/c1-4-13-14(17)18-9-19-15(13)20(3)10(2)11-6-5-7-12(16)8-11/h5-10H,4H2,1-3H3. The number of hydrogen-bond acceptors (Lipinski definition) is 3. The zero-order chi connectivity index (χ0) is 14.7. The first-order valence-electron chi connectivity index (χ1n) is 6.52. The Labute approximate surface area is 129 Å². The van der Waals surface area contributed by atoms with Crippen molar-refractivity contribution >= 4 is 29.0 Å². The molecule has 1 aromatic carbocycles. The summed E-state index contributed by atoms with van der Waals surface area (Å²) in [5, 5.41) is 1.25. The molecule has 0 saturated heterocycles. The molecule has 5 heteroatoms. The van der Waals surface area contributed by atoms with E-state index < -0.39 is 0 Å². The van der Waals surface area contributed by atoms with Crippen molar-refractivity contribution in [1.82, 2.24) is 9.97 Å². The van der Waals surface area contributed by atoms with Crippen molar-refractivity contribution in [2.45, 2.75) is 26.3 Å². The van der Waals surface area contributed by atoms with E-state index in [1.165, 1.54) is 6.33 Å². The van der Waals surface area contributed by atoms with Crippen molar-refractivity contribution in [3.8, 4) is 0 Å². The fourth-order valence-electron chi connectivity index (χ4n) is 2.16. The van der Waals surface area contributed by atoms with Crippen molar-refractivity contribution in [2.75, 3.05) is 11.9 Å². The summed E-state index contributed by atoms with van der Waals surface area (Å²) in [6.45, 7) is 4.16. The van der Waals surface area contributed by atoms with Crippen LogP contribution in [0.4, 0.5) is 5.82 Å². The minimum absolute atomic E-state index is 0.143. The van der Waals surface area contributed by atoms with Crippen molar-refractivity contribution < 1.29 is 0 Å². The second-order valence-electron chi connectivity index (χ2n) is 4.66. The van der Waals surface area contributed by atoms with Crippen LogP contribution in [0, 0.1) is 0 Å². The lowest BCUT2D eigenvalue weighted by atomic mass is 10.1. The molecule has 3 nitrogen and oxygen atoms in total. The van der Waals surface area contributed by atoms with Gasteiger partial charge in [0.1, 0.15) is 17.3 Å². The van der Waals surface area contributed by atoms with Gasteiger partial charge in [-0.1, -0.05) is 42.3 Å². The molecule has 1 atom stereocenters. The maximum absolute atomic E-state index is 6.15. The average molecular weight is 310 g/mol. The first kappa shape index (κ1) is 15.1. The summed E-state index contributed by atoms with van der Waals surface area (Å²) in [7, 11) is 2.00. The minimum atomic E-state index is 0.143. The summed E-state index contributed by atoms with van der Waals surface area (Å²) in [6, 6.07) is 8.00. The maximum Gasteiger partial charge on any atom is 0.137 e. The first-order chi connectivity index (χ1) is 9.54. The molecule has 0 aliphatic carbocycles. The topological polar surface area (TPSA) is 29.0 Å². The van der Waals surface area contributed by atoms with Crippen molar-refractivity contribution in [3.63, 3.8) is 0 Å². The third-order valence-electron chi connectivity index (χ3n) is 3.47. The van der Waals surface area contributed by atoms with Crippen LogP contribution >= 0.6 is 23.2 Å². The van der Waals surface area contributed by atoms with Gasteiger partial charge in [0.15, 0.2) is 0 Å². The number of benzene rings is 1. The van der Waals surface area contributed by atoms with Crippen LogP contribution in [-0.4, -0.2) is 17.0 Å². The van der Waals surface area contributed by atoms with Gasteiger partial charge in [0.2, 0.25) is 0 Å². The second kappa shape index (κ2) is 6.42. The summed E-state index contributed by atoms with van der Waals surface area (Å²) in [5.74, 6) is 0.861. The molecular formula is C15H17Cl2N3. The highest BCUT2D eigenvalue weighted by Crippen LogP contribution is 2.30. The number of anilines is 1. The molecule has 2 aromatic rings. The highest BCUT2D eigenvalue weighted by molar-refractivity contribution is 6.30. The van der Waals surface area contributed by atoms with Gasteiger partial charge < -0.3 is 4.90 Å². The van der Waals surface area contributed by atoms with Crippen molar-refractivity contribution in [3.05, 3.63) is 51.9 Å². The van der Waals surface area contributed by atoms with Crippen LogP contribution in [0.25, 0.3) is 0 Å². The zero-order valence-electron chi connectivity index (χ0n) is 11.8. The number of hydrogen-bond donors (Lipinski definition) is 0. The lowest BCUT2D eigenvalue weighted by molar-refractivity contribution is 0.721. The second-order valence-corrected chi connectivity index (χ2v) is 5.46. The van der Waals surface area contributed by atoms with E-state index >= 15 is 0 Å². The van der Waals surface area contributed by atoms with Gasteiger partial charge in [-0.25, -0.2) is 9.97 Å². The highest BCUT2D eigenvalue weighted by Gasteiger charge is 2.18. The lowest BCUT2D eigenvalue weighted by Gasteiger charge is -2.28. The predicted octanol–water partition coefficient (Wildman–Crippen LogP) is 4.54. The van der Waals surface area contributed by atoms with Gasteiger partial charge in [-0.15, -0.1) is 0 Å².